The highest BCUT2D eigenvalue weighted by Crippen LogP contribution is 2.12. The van der Waals surface area contributed by atoms with Crippen molar-refractivity contribution in [2.24, 2.45) is 16.8 Å². The Morgan fingerprint density at radius 3 is 2.41 bits per heavy atom. The first kappa shape index (κ1) is 16.2. The van der Waals surface area contributed by atoms with Gasteiger partial charge in [-0.05, 0) is 25.7 Å². The Morgan fingerprint density at radius 2 is 2.06 bits per heavy atom. The topological polar surface area (TPSA) is 105 Å². The maximum Gasteiger partial charge on any atom is 0.212 e. The molecule has 0 aromatic carbocycles. The Hall–Kier alpha value is -0.820. The van der Waals surface area contributed by atoms with Crippen molar-refractivity contribution < 1.29 is 13.6 Å². The average Bonchev–Trinajstić information content (AvgIpc) is 2.24. The molecule has 0 heterocycles. The highest BCUT2D eigenvalue weighted by Gasteiger charge is 2.32. The molecule has 6 nitrogen and oxygen atoms in total. The van der Waals surface area contributed by atoms with Crippen molar-refractivity contribution in [2.75, 3.05) is 5.75 Å². The summed E-state index contributed by atoms with van der Waals surface area (Å²) in [6.07, 6.45) is 0.981. The van der Waals surface area contributed by atoms with Crippen LogP contribution in [0.25, 0.3) is 0 Å². The van der Waals surface area contributed by atoms with Gasteiger partial charge in [0.1, 0.15) is 0 Å². The van der Waals surface area contributed by atoms with E-state index in [0.717, 1.165) is 0 Å². The molecule has 0 aliphatic heterocycles. The maximum absolute atomic E-state index is 11.8. The predicted molar refractivity (Wildman–Crippen MR) is 68.5 cm³/mol. The van der Waals surface area contributed by atoms with Gasteiger partial charge in [0.05, 0.1) is 11.3 Å². The van der Waals surface area contributed by atoms with Crippen molar-refractivity contribution in [1.82, 2.24) is 4.72 Å². The van der Waals surface area contributed by atoms with E-state index in [-0.39, 0.29) is 11.6 Å². The lowest BCUT2D eigenvalue weighted by atomic mass is 10.00. The monoisotopic (exact) mass is 265 g/mol. The van der Waals surface area contributed by atoms with E-state index in [0.29, 0.717) is 18.8 Å². The summed E-state index contributed by atoms with van der Waals surface area (Å²) in [6.45, 7) is 7.27. The lowest BCUT2D eigenvalue weighted by Gasteiger charge is -2.27. The van der Waals surface area contributed by atoms with E-state index in [1.807, 2.05) is 13.8 Å². The molecule has 0 fully saturated rings. The lowest BCUT2D eigenvalue weighted by molar-refractivity contribution is 0.310. The van der Waals surface area contributed by atoms with Gasteiger partial charge in [0.15, 0.2) is 5.84 Å². The van der Waals surface area contributed by atoms with Gasteiger partial charge in [0.2, 0.25) is 10.0 Å². The summed E-state index contributed by atoms with van der Waals surface area (Å²) in [7, 11) is -3.42. The van der Waals surface area contributed by atoms with Crippen molar-refractivity contribution in [3.05, 3.63) is 0 Å². The zero-order valence-corrected chi connectivity index (χ0v) is 11.7. The molecular weight excluding hydrogens is 242 g/mol. The van der Waals surface area contributed by atoms with E-state index in [1.54, 1.807) is 13.8 Å². The summed E-state index contributed by atoms with van der Waals surface area (Å²) < 4.78 is 26.1. The summed E-state index contributed by atoms with van der Waals surface area (Å²) in [5.74, 6) is 0.218. The highest BCUT2D eigenvalue weighted by atomic mass is 32.2. The normalized spacial score (nSPS) is 17.1. The molecule has 0 bridgehead atoms. The quantitative estimate of drug-likeness (QED) is 0.275. The summed E-state index contributed by atoms with van der Waals surface area (Å²) in [5.41, 5.74) is 4.46. The minimum atomic E-state index is -3.42. The van der Waals surface area contributed by atoms with E-state index in [1.165, 1.54) is 0 Å². The van der Waals surface area contributed by atoms with E-state index < -0.39 is 15.6 Å². The van der Waals surface area contributed by atoms with Gasteiger partial charge in [0, 0.05) is 0 Å². The molecule has 1 unspecified atom stereocenters. The van der Waals surface area contributed by atoms with Crippen LogP contribution in [-0.2, 0) is 10.0 Å². The van der Waals surface area contributed by atoms with Crippen LogP contribution in [0.1, 0.15) is 40.5 Å². The zero-order chi connectivity index (χ0) is 13.7. The predicted octanol–water partition coefficient (Wildman–Crippen LogP) is 0.867. The molecule has 0 radical (unpaired) electrons. The van der Waals surface area contributed by atoms with Crippen LogP contribution in [0, 0.1) is 5.92 Å². The van der Waals surface area contributed by atoms with Crippen LogP contribution in [0.4, 0.5) is 0 Å². The highest BCUT2D eigenvalue weighted by molar-refractivity contribution is 7.89. The fraction of sp³-hybridized carbons (Fsp3) is 0.900. The first-order valence-corrected chi connectivity index (χ1v) is 7.31. The van der Waals surface area contributed by atoms with Crippen LogP contribution in [0.15, 0.2) is 5.16 Å². The van der Waals surface area contributed by atoms with Crippen molar-refractivity contribution >= 4 is 15.9 Å². The van der Waals surface area contributed by atoms with Gasteiger partial charge in [-0.2, -0.15) is 0 Å². The van der Waals surface area contributed by atoms with Gasteiger partial charge in [-0.1, -0.05) is 25.9 Å². The number of nitrogens with one attached hydrogen (secondary N) is 1. The molecule has 0 aliphatic carbocycles. The Balaban J connectivity index is 4.79. The Kier molecular flexibility index (Phi) is 5.91. The van der Waals surface area contributed by atoms with Crippen molar-refractivity contribution in [3.63, 3.8) is 0 Å². The van der Waals surface area contributed by atoms with E-state index in [4.69, 9.17) is 10.9 Å². The smallest absolute Gasteiger partial charge is 0.212 e. The summed E-state index contributed by atoms with van der Waals surface area (Å²) in [4.78, 5) is 0. The molecule has 0 saturated carbocycles. The Bertz CT molecular complexity index is 365. The second kappa shape index (κ2) is 6.20. The van der Waals surface area contributed by atoms with E-state index in [9.17, 15) is 8.42 Å². The van der Waals surface area contributed by atoms with E-state index in [2.05, 4.69) is 9.88 Å². The number of hydrogen-bond donors (Lipinski definition) is 3. The summed E-state index contributed by atoms with van der Waals surface area (Å²) in [6, 6.07) is 0. The fourth-order valence-electron chi connectivity index (χ4n) is 1.20. The van der Waals surface area contributed by atoms with Crippen LogP contribution in [0.3, 0.4) is 0 Å². The minimum absolute atomic E-state index is 0.0406. The van der Waals surface area contributed by atoms with Crippen molar-refractivity contribution in [1.29, 1.82) is 0 Å². The summed E-state index contributed by atoms with van der Waals surface area (Å²) >= 11 is 0. The molecule has 102 valence electrons. The average molecular weight is 265 g/mol. The molecule has 1 atom stereocenters. The van der Waals surface area contributed by atoms with Crippen LogP contribution in [0.2, 0.25) is 0 Å². The first-order chi connectivity index (χ1) is 7.67. The molecule has 0 aliphatic rings. The summed E-state index contributed by atoms with van der Waals surface area (Å²) in [5, 5.41) is 11.5. The molecule has 0 saturated heterocycles. The fourth-order valence-corrected chi connectivity index (χ4v) is 3.02. The molecular formula is C10H23N3O3S. The van der Waals surface area contributed by atoms with E-state index >= 15 is 0 Å². The Labute approximate surface area is 103 Å². The third-order valence-corrected chi connectivity index (χ3v) is 4.26. The number of hydrogen-bond acceptors (Lipinski definition) is 4. The second-order valence-corrected chi connectivity index (χ2v) is 6.62. The van der Waals surface area contributed by atoms with Gasteiger partial charge in [-0.3, -0.25) is 0 Å². The zero-order valence-electron chi connectivity index (χ0n) is 10.9. The molecule has 0 amide bonds. The van der Waals surface area contributed by atoms with Gasteiger partial charge in [-0.25, -0.2) is 13.1 Å². The minimum Gasteiger partial charge on any atom is -0.409 e. The number of oxime groups is 1. The maximum atomic E-state index is 11.8. The van der Waals surface area contributed by atoms with Crippen LogP contribution >= 0.6 is 0 Å². The Morgan fingerprint density at radius 1 is 1.53 bits per heavy atom. The number of sulfonamides is 1. The van der Waals surface area contributed by atoms with Crippen molar-refractivity contribution in [2.45, 2.75) is 46.1 Å². The number of nitrogens with two attached hydrogens (primary N) is 1. The molecule has 0 aromatic heterocycles. The van der Waals surface area contributed by atoms with Crippen LogP contribution in [0.5, 0.6) is 0 Å². The molecule has 7 heteroatoms. The second-order valence-electron chi connectivity index (χ2n) is 4.77. The number of amidine groups is 1. The molecule has 0 spiro atoms. The first-order valence-electron chi connectivity index (χ1n) is 5.66. The largest absolute Gasteiger partial charge is 0.409 e. The lowest BCUT2D eigenvalue weighted by Crippen LogP contribution is -2.55. The molecule has 0 rings (SSSR count). The van der Waals surface area contributed by atoms with Crippen LogP contribution < -0.4 is 10.5 Å². The molecule has 4 N–H and O–H groups in total. The molecule has 17 heavy (non-hydrogen) atoms. The number of nitrogens with zero attached hydrogens (tertiary/aromatic N) is 1. The van der Waals surface area contributed by atoms with Crippen LogP contribution in [-0.4, -0.2) is 30.8 Å². The van der Waals surface area contributed by atoms with Crippen molar-refractivity contribution in [3.8, 4) is 0 Å². The van der Waals surface area contributed by atoms with Gasteiger partial charge in [0.25, 0.3) is 0 Å². The van der Waals surface area contributed by atoms with Gasteiger partial charge >= 0.3 is 0 Å². The SMILES string of the molecule is CCC(C)(NS(=O)(=O)CCC(C)C)C(N)=NO. The number of rotatable bonds is 7. The third-order valence-electron chi connectivity index (χ3n) is 2.72. The standard InChI is InChI=1S/C10H23N3O3S/c1-5-10(4,9(11)12-14)13-17(15,16)7-6-8(2)3/h8,13-14H,5-7H2,1-4H3,(H2,11,12). The van der Waals surface area contributed by atoms with Gasteiger partial charge in [-0.15, -0.1) is 0 Å². The molecule has 0 aromatic rings. The third kappa shape index (κ3) is 5.36. The van der Waals surface area contributed by atoms with Gasteiger partial charge < -0.3 is 10.9 Å².